The summed E-state index contributed by atoms with van der Waals surface area (Å²) in [7, 11) is 1.70. The van der Waals surface area contributed by atoms with Gasteiger partial charge in [-0.25, -0.2) is 0 Å². The van der Waals surface area contributed by atoms with Gasteiger partial charge < -0.3 is 4.74 Å². The number of nitriles is 1. The zero-order valence-electron chi connectivity index (χ0n) is 13.4. The molecule has 0 unspecified atom stereocenters. The van der Waals surface area contributed by atoms with Crippen LogP contribution in [0.2, 0.25) is 0 Å². The molecular weight excluding hydrogens is 284 g/mol. The second kappa shape index (κ2) is 6.95. The van der Waals surface area contributed by atoms with Crippen LogP contribution in [0.3, 0.4) is 0 Å². The third-order valence-electron chi connectivity index (χ3n) is 4.79. The maximum atomic E-state index is 9.88. The van der Waals surface area contributed by atoms with Crippen molar-refractivity contribution in [1.29, 1.82) is 5.26 Å². The zero-order chi connectivity index (χ0) is 16.1. The maximum Gasteiger partial charge on any atom is 0.114 e. The van der Waals surface area contributed by atoms with Gasteiger partial charge in [-0.2, -0.15) is 5.26 Å². The average Bonchev–Trinajstić information content (AvgIpc) is 2.59. The van der Waals surface area contributed by atoms with E-state index in [1.807, 2.05) is 36.4 Å². The molecule has 2 aromatic carbocycles. The third-order valence-corrected chi connectivity index (χ3v) is 4.79. The van der Waals surface area contributed by atoms with E-state index in [2.05, 4.69) is 35.7 Å². The average molecular weight is 306 g/mol. The molecule has 0 saturated heterocycles. The molecule has 1 N–H and O–H groups in total. The van der Waals surface area contributed by atoms with Crippen LogP contribution in [-0.2, 0) is 4.74 Å². The summed E-state index contributed by atoms with van der Waals surface area (Å²) in [5.41, 5.74) is 1.88. The molecule has 1 aliphatic rings. The monoisotopic (exact) mass is 306 g/mol. The van der Waals surface area contributed by atoms with Crippen molar-refractivity contribution in [2.75, 3.05) is 13.7 Å². The molecule has 1 fully saturated rings. The third kappa shape index (κ3) is 3.14. The molecule has 0 radical (unpaired) electrons. The molecular formula is C20H22N2O. The van der Waals surface area contributed by atoms with Crippen LogP contribution in [0.15, 0.2) is 60.7 Å². The van der Waals surface area contributed by atoms with Gasteiger partial charge in [0.25, 0.3) is 0 Å². The predicted octanol–water partition coefficient (Wildman–Crippen LogP) is 3.80. The van der Waals surface area contributed by atoms with Crippen LogP contribution in [0.5, 0.6) is 0 Å². The number of nitrogens with zero attached hydrogens (tertiary/aromatic N) is 1. The summed E-state index contributed by atoms with van der Waals surface area (Å²) in [6.07, 6.45) is 1.91. The quantitative estimate of drug-likeness (QED) is 0.883. The second-order valence-corrected chi connectivity index (χ2v) is 6.15. The van der Waals surface area contributed by atoms with E-state index in [1.165, 1.54) is 5.56 Å². The summed E-state index contributed by atoms with van der Waals surface area (Å²) in [4.78, 5) is 0. The first-order chi connectivity index (χ1) is 11.3. The Balaban J connectivity index is 1.84. The van der Waals surface area contributed by atoms with Crippen molar-refractivity contribution in [2.45, 2.75) is 30.3 Å². The number of rotatable bonds is 6. The Morgan fingerprint density at radius 3 is 2.35 bits per heavy atom. The number of benzene rings is 2. The van der Waals surface area contributed by atoms with E-state index in [0.717, 1.165) is 18.4 Å². The Bertz CT molecular complexity index is 665. The van der Waals surface area contributed by atoms with Crippen LogP contribution >= 0.6 is 0 Å². The molecule has 0 heterocycles. The number of methoxy groups -OCH3 is 1. The van der Waals surface area contributed by atoms with Crippen LogP contribution in [-0.4, -0.2) is 19.3 Å². The van der Waals surface area contributed by atoms with Crippen molar-refractivity contribution in [3.05, 3.63) is 71.8 Å². The van der Waals surface area contributed by atoms with Gasteiger partial charge >= 0.3 is 0 Å². The molecule has 1 aliphatic carbocycles. The summed E-state index contributed by atoms with van der Waals surface area (Å²) >= 11 is 0. The van der Waals surface area contributed by atoms with Gasteiger partial charge in [-0.3, -0.25) is 5.32 Å². The van der Waals surface area contributed by atoms with Crippen molar-refractivity contribution >= 4 is 0 Å². The highest BCUT2D eigenvalue weighted by Crippen LogP contribution is 2.46. The van der Waals surface area contributed by atoms with Gasteiger partial charge in [-0.15, -0.1) is 0 Å². The Hall–Kier alpha value is -2.15. The fraction of sp³-hybridized carbons (Fsp3) is 0.350. The fourth-order valence-corrected chi connectivity index (χ4v) is 3.44. The van der Waals surface area contributed by atoms with E-state index in [1.54, 1.807) is 7.11 Å². The maximum absolute atomic E-state index is 9.88. The van der Waals surface area contributed by atoms with Crippen molar-refractivity contribution in [3.8, 4) is 6.07 Å². The van der Waals surface area contributed by atoms with E-state index >= 15 is 0 Å². The van der Waals surface area contributed by atoms with Crippen molar-refractivity contribution in [1.82, 2.24) is 5.32 Å². The second-order valence-electron chi connectivity index (χ2n) is 6.15. The van der Waals surface area contributed by atoms with Gasteiger partial charge in [0.05, 0.1) is 18.7 Å². The Morgan fingerprint density at radius 1 is 1.17 bits per heavy atom. The number of ether oxygens (including phenoxy) is 1. The molecule has 1 saturated carbocycles. The summed E-state index contributed by atoms with van der Waals surface area (Å²) in [5.74, 6) is 0.233. The largest absolute Gasteiger partial charge is 0.383 e. The lowest BCUT2D eigenvalue weighted by molar-refractivity contribution is 0.120. The number of nitrogens with one attached hydrogen (secondary N) is 1. The molecule has 118 valence electrons. The van der Waals surface area contributed by atoms with E-state index < -0.39 is 5.54 Å². The van der Waals surface area contributed by atoms with Crippen LogP contribution in [0.4, 0.5) is 0 Å². The summed E-state index contributed by atoms with van der Waals surface area (Å²) in [6, 6.07) is 23.1. The topological polar surface area (TPSA) is 45.0 Å². The van der Waals surface area contributed by atoms with E-state index in [9.17, 15) is 5.26 Å². The lowest BCUT2D eigenvalue weighted by Crippen LogP contribution is -2.57. The molecule has 3 heteroatoms. The number of hydrogen-bond donors (Lipinski definition) is 1. The smallest absolute Gasteiger partial charge is 0.114 e. The Morgan fingerprint density at radius 2 is 1.83 bits per heavy atom. The first kappa shape index (κ1) is 15.7. The van der Waals surface area contributed by atoms with Crippen LogP contribution in [0.1, 0.15) is 35.9 Å². The van der Waals surface area contributed by atoms with Gasteiger partial charge in [0, 0.05) is 13.0 Å². The van der Waals surface area contributed by atoms with Crippen LogP contribution in [0, 0.1) is 11.3 Å². The van der Waals surface area contributed by atoms with E-state index in [-0.39, 0.29) is 12.0 Å². The number of hydrogen-bond acceptors (Lipinski definition) is 3. The van der Waals surface area contributed by atoms with Gasteiger partial charge in [-0.05, 0) is 24.0 Å². The molecule has 23 heavy (non-hydrogen) atoms. The van der Waals surface area contributed by atoms with Gasteiger partial charge in [0.2, 0.25) is 0 Å². The fourth-order valence-electron chi connectivity index (χ4n) is 3.44. The first-order valence-electron chi connectivity index (χ1n) is 8.07. The molecule has 3 rings (SSSR count). The zero-order valence-corrected chi connectivity index (χ0v) is 13.4. The summed E-state index contributed by atoms with van der Waals surface area (Å²) in [6.45, 7) is 0.551. The normalized spacial score (nSPS) is 24.4. The Labute approximate surface area is 137 Å². The molecule has 0 spiro atoms. The van der Waals surface area contributed by atoms with Gasteiger partial charge in [-0.1, -0.05) is 60.7 Å². The lowest BCUT2D eigenvalue weighted by atomic mass is 9.64. The predicted molar refractivity (Wildman–Crippen MR) is 91.0 cm³/mol. The molecule has 2 aromatic rings. The van der Waals surface area contributed by atoms with Crippen molar-refractivity contribution < 1.29 is 4.74 Å². The molecule has 0 amide bonds. The lowest BCUT2D eigenvalue weighted by Gasteiger charge is -2.47. The van der Waals surface area contributed by atoms with E-state index in [4.69, 9.17) is 4.74 Å². The minimum absolute atomic E-state index is 0.0207. The highest BCUT2D eigenvalue weighted by Gasteiger charge is 2.49. The molecule has 0 aliphatic heterocycles. The first-order valence-corrected chi connectivity index (χ1v) is 8.07. The van der Waals surface area contributed by atoms with Crippen LogP contribution < -0.4 is 5.32 Å². The SMILES string of the molecule is COC[C@H](N[C@@]1(C#N)CC[C@H]1c1ccccc1)c1ccccc1. The minimum Gasteiger partial charge on any atom is -0.383 e. The minimum atomic E-state index is -0.514. The highest BCUT2D eigenvalue weighted by molar-refractivity contribution is 5.35. The molecule has 0 aromatic heterocycles. The Kier molecular flexibility index (Phi) is 4.76. The molecule has 0 bridgehead atoms. The van der Waals surface area contributed by atoms with Gasteiger partial charge in [0.15, 0.2) is 0 Å². The highest BCUT2D eigenvalue weighted by atomic mass is 16.5. The summed E-state index contributed by atoms with van der Waals surface area (Å²) in [5, 5.41) is 13.5. The molecule has 3 atom stereocenters. The van der Waals surface area contributed by atoms with E-state index in [0.29, 0.717) is 6.61 Å². The molecule has 3 nitrogen and oxygen atoms in total. The van der Waals surface area contributed by atoms with Gasteiger partial charge in [0.1, 0.15) is 5.54 Å². The van der Waals surface area contributed by atoms with Crippen LogP contribution in [0.25, 0.3) is 0 Å². The van der Waals surface area contributed by atoms with Crippen molar-refractivity contribution in [3.63, 3.8) is 0 Å². The summed E-state index contributed by atoms with van der Waals surface area (Å²) < 4.78 is 5.39. The van der Waals surface area contributed by atoms with Crippen molar-refractivity contribution in [2.24, 2.45) is 0 Å². The standard InChI is InChI=1S/C20H22N2O/c1-23-14-19(17-10-6-3-7-11-17)22-20(15-21)13-12-18(20)16-8-4-2-5-9-16/h2-11,18-19,22H,12-14H2,1H3/t18-,19-,20+/m0/s1.